The van der Waals surface area contributed by atoms with E-state index in [1.807, 2.05) is 19.1 Å². The second kappa shape index (κ2) is 7.64. The molecule has 0 N–H and O–H groups in total. The van der Waals surface area contributed by atoms with Gasteiger partial charge in [0.05, 0.1) is 7.11 Å². The Kier molecular flexibility index (Phi) is 5.17. The van der Waals surface area contributed by atoms with Crippen molar-refractivity contribution in [3.63, 3.8) is 0 Å². The summed E-state index contributed by atoms with van der Waals surface area (Å²) in [6.07, 6.45) is 6.40. The van der Waals surface area contributed by atoms with Crippen LogP contribution in [0.3, 0.4) is 0 Å². The SMILES string of the molecule is COc1ccc([C@@]23CC=C(OC(=O)c4ncccc4C)C[C@@H]2N(C)CC3)cc1C. The summed E-state index contributed by atoms with van der Waals surface area (Å²) in [7, 11) is 3.87. The van der Waals surface area contributed by atoms with E-state index in [9.17, 15) is 4.79 Å². The smallest absolute Gasteiger partial charge is 0.362 e. The topological polar surface area (TPSA) is 51.7 Å². The number of hydrogen-bond acceptors (Lipinski definition) is 5. The average Bonchev–Trinajstić information content (AvgIpc) is 3.05. The predicted octanol–water partition coefficient (Wildman–Crippen LogP) is 4.18. The predicted molar refractivity (Wildman–Crippen MR) is 112 cm³/mol. The van der Waals surface area contributed by atoms with Gasteiger partial charge in [0, 0.05) is 24.1 Å². The Morgan fingerprint density at radius 2 is 2.07 bits per heavy atom. The normalized spacial score (nSPS) is 24.0. The van der Waals surface area contributed by atoms with Gasteiger partial charge in [-0.05, 0) is 75.2 Å². The number of aromatic nitrogens is 1. The van der Waals surface area contributed by atoms with Crippen molar-refractivity contribution in [3.05, 3.63) is 70.7 Å². The summed E-state index contributed by atoms with van der Waals surface area (Å²) in [6, 6.07) is 10.5. The lowest BCUT2D eigenvalue weighted by molar-refractivity contribution is 0.0572. The number of likely N-dealkylation sites (N-methyl/N-ethyl adjacent to an activating group) is 1. The van der Waals surface area contributed by atoms with Crippen molar-refractivity contribution < 1.29 is 14.3 Å². The number of esters is 1. The lowest BCUT2D eigenvalue weighted by Gasteiger charge is -2.40. The van der Waals surface area contributed by atoms with Gasteiger partial charge in [-0.15, -0.1) is 0 Å². The summed E-state index contributed by atoms with van der Waals surface area (Å²) in [5, 5.41) is 0. The third kappa shape index (κ3) is 3.44. The van der Waals surface area contributed by atoms with Crippen LogP contribution in [0.4, 0.5) is 0 Å². The molecule has 1 aliphatic heterocycles. The van der Waals surface area contributed by atoms with Gasteiger partial charge in [-0.1, -0.05) is 18.2 Å². The van der Waals surface area contributed by atoms with Crippen molar-refractivity contribution >= 4 is 5.97 Å². The lowest BCUT2D eigenvalue weighted by Crippen LogP contribution is -2.43. The molecule has 2 aromatic rings. The zero-order chi connectivity index (χ0) is 20.6. The van der Waals surface area contributed by atoms with E-state index >= 15 is 0 Å². The number of methoxy groups -OCH3 is 1. The molecule has 152 valence electrons. The lowest BCUT2D eigenvalue weighted by atomic mass is 9.68. The van der Waals surface area contributed by atoms with E-state index in [1.54, 1.807) is 13.3 Å². The van der Waals surface area contributed by atoms with Crippen LogP contribution in [0.15, 0.2) is 48.4 Å². The van der Waals surface area contributed by atoms with Crippen LogP contribution in [-0.4, -0.2) is 42.6 Å². The standard InChI is InChI=1S/C24H28N2O3/c1-16-6-5-12-25-22(16)23(27)29-19-9-10-24(11-13-26(3)21(24)15-19)18-7-8-20(28-4)17(2)14-18/h5-9,12,14,21H,10-11,13,15H2,1-4H3/t21-,24-/m0/s1. The summed E-state index contributed by atoms with van der Waals surface area (Å²) in [6.45, 7) is 5.00. The molecule has 1 fully saturated rings. The largest absolute Gasteiger partial charge is 0.496 e. The molecular weight excluding hydrogens is 364 g/mol. The Morgan fingerprint density at radius 1 is 1.24 bits per heavy atom. The van der Waals surface area contributed by atoms with Crippen LogP contribution in [0, 0.1) is 13.8 Å². The fourth-order valence-electron chi connectivity index (χ4n) is 4.87. The van der Waals surface area contributed by atoms with Gasteiger partial charge in [0.15, 0.2) is 5.69 Å². The number of fused-ring (bicyclic) bond motifs is 1. The number of rotatable bonds is 4. The molecule has 4 rings (SSSR count). The van der Waals surface area contributed by atoms with E-state index in [0.717, 1.165) is 48.4 Å². The third-order valence-corrected chi connectivity index (χ3v) is 6.57. The highest BCUT2D eigenvalue weighted by Gasteiger charge is 2.49. The van der Waals surface area contributed by atoms with Crippen molar-refractivity contribution in [2.45, 2.75) is 44.6 Å². The van der Waals surface area contributed by atoms with Gasteiger partial charge >= 0.3 is 5.97 Å². The minimum Gasteiger partial charge on any atom is -0.496 e. The number of carbonyl (C=O) groups is 1. The number of benzene rings is 1. The second-order valence-corrected chi connectivity index (χ2v) is 8.22. The highest BCUT2D eigenvalue weighted by atomic mass is 16.5. The molecule has 0 amide bonds. The third-order valence-electron chi connectivity index (χ3n) is 6.57. The summed E-state index contributed by atoms with van der Waals surface area (Å²) in [5.74, 6) is 1.29. The molecule has 1 aromatic carbocycles. The Morgan fingerprint density at radius 3 is 2.79 bits per heavy atom. The highest BCUT2D eigenvalue weighted by molar-refractivity contribution is 5.89. The minimum absolute atomic E-state index is 0.0442. The molecule has 0 spiro atoms. The fourth-order valence-corrected chi connectivity index (χ4v) is 4.87. The molecule has 2 atom stereocenters. The van der Waals surface area contributed by atoms with Crippen LogP contribution in [-0.2, 0) is 10.2 Å². The number of pyridine rings is 1. The number of allylic oxidation sites excluding steroid dienone is 1. The van der Waals surface area contributed by atoms with E-state index in [0.29, 0.717) is 11.7 Å². The van der Waals surface area contributed by atoms with Gasteiger partial charge in [-0.2, -0.15) is 0 Å². The molecule has 29 heavy (non-hydrogen) atoms. The molecular formula is C24H28N2O3. The zero-order valence-electron chi connectivity index (χ0n) is 17.6. The second-order valence-electron chi connectivity index (χ2n) is 8.22. The number of nitrogens with zero attached hydrogens (tertiary/aromatic N) is 2. The van der Waals surface area contributed by atoms with Crippen molar-refractivity contribution in [1.82, 2.24) is 9.88 Å². The summed E-state index contributed by atoms with van der Waals surface area (Å²) in [4.78, 5) is 19.2. The molecule has 0 unspecified atom stereocenters. The maximum atomic E-state index is 12.6. The van der Waals surface area contributed by atoms with E-state index in [4.69, 9.17) is 9.47 Å². The number of likely N-dealkylation sites (tertiary alicyclic amines) is 1. The van der Waals surface area contributed by atoms with Crippen LogP contribution in [0.5, 0.6) is 5.75 Å². The van der Waals surface area contributed by atoms with Gasteiger partial charge in [0.2, 0.25) is 0 Å². The van der Waals surface area contributed by atoms with Gasteiger partial charge in [-0.3, -0.25) is 0 Å². The molecule has 5 heteroatoms. The van der Waals surface area contributed by atoms with Gasteiger partial charge < -0.3 is 14.4 Å². The van der Waals surface area contributed by atoms with Crippen LogP contribution in [0.2, 0.25) is 0 Å². The monoisotopic (exact) mass is 392 g/mol. The van der Waals surface area contributed by atoms with E-state index in [-0.39, 0.29) is 11.4 Å². The molecule has 2 aliphatic rings. The highest BCUT2D eigenvalue weighted by Crippen LogP contribution is 2.48. The first kappa shape index (κ1) is 19.6. The molecule has 1 aliphatic carbocycles. The fraction of sp³-hybridized carbons (Fsp3) is 0.417. The van der Waals surface area contributed by atoms with Crippen molar-refractivity contribution in [1.29, 1.82) is 0 Å². The van der Waals surface area contributed by atoms with E-state index in [1.165, 1.54) is 5.56 Å². The molecule has 0 saturated carbocycles. The Bertz CT molecular complexity index is 968. The van der Waals surface area contributed by atoms with E-state index in [2.05, 4.69) is 48.1 Å². The molecule has 1 aromatic heterocycles. The molecule has 1 saturated heterocycles. The molecule has 0 radical (unpaired) electrons. The van der Waals surface area contributed by atoms with Crippen molar-refractivity contribution in [2.24, 2.45) is 0 Å². The van der Waals surface area contributed by atoms with Gasteiger partial charge in [0.1, 0.15) is 11.5 Å². The summed E-state index contributed by atoms with van der Waals surface area (Å²) in [5.41, 5.74) is 3.75. The van der Waals surface area contributed by atoms with Gasteiger partial charge in [-0.25, -0.2) is 9.78 Å². The first-order valence-electron chi connectivity index (χ1n) is 10.1. The Balaban J connectivity index is 1.60. The summed E-state index contributed by atoms with van der Waals surface area (Å²) >= 11 is 0. The quantitative estimate of drug-likeness (QED) is 0.731. The molecule has 2 heterocycles. The zero-order valence-corrected chi connectivity index (χ0v) is 17.6. The maximum absolute atomic E-state index is 12.6. The first-order valence-corrected chi connectivity index (χ1v) is 10.1. The first-order chi connectivity index (χ1) is 13.9. The number of aryl methyl sites for hydroxylation is 2. The van der Waals surface area contributed by atoms with Crippen LogP contribution < -0.4 is 4.74 Å². The number of ether oxygens (including phenoxy) is 2. The Labute approximate surface area is 172 Å². The number of carbonyl (C=O) groups excluding carboxylic acids is 1. The van der Waals surface area contributed by atoms with E-state index < -0.39 is 0 Å². The van der Waals surface area contributed by atoms with Crippen molar-refractivity contribution in [2.75, 3.05) is 20.7 Å². The Hall–Kier alpha value is -2.66. The van der Waals surface area contributed by atoms with Gasteiger partial charge in [0.25, 0.3) is 0 Å². The van der Waals surface area contributed by atoms with Crippen molar-refractivity contribution in [3.8, 4) is 5.75 Å². The van der Waals surface area contributed by atoms with Crippen LogP contribution in [0.25, 0.3) is 0 Å². The molecule has 5 nitrogen and oxygen atoms in total. The number of hydrogen-bond donors (Lipinski definition) is 0. The summed E-state index contributed by atoms with van der Waals surface area (Å²) < 4.78 is 11.2. The molecule has 0 bridgehead atoms. The average molecular weight is 392 g/mol. The van der Waals surface area contributed by atoms with Crippen LogP contribution >= 0.6 is 0 Å². The van der Waals surface area contributed by atoms with Crippen LogP contribution in [0.1, 0.15) is 46.4 Å². The maximum Gasteiger partial charge on any atom is 0.362 e. The minimum atomic E-state index is -0.372.